The molecule has 0 aromatic heterocycles. The molecule has 23 heavy (non-hydrogen) atoms. The Labute approximate surface area is 132 Å². The van der Waals surface area contributed by atoms with E-state index < -0.39 is 17.8 Å². The second-order valence-corrected chi connectivity index (χ2v) is 4.69. The van der Waals surface area contributed by atoms with Gasteiger partial charge in [-0.05, 0) is 35.4 Å². The molecule has 2 rings (SSSR count). The largest absolute Gasteiger partial charge is 0.465 e. The van der Waals surface area contributed by atoms with Gasteiger partial charge in [-0.1, -0.05) is 18.2 Å². The van der Waals surface area contributed by atoms with E-state index in [-0.39, 0.29) is 16.7 Å². The number of benzene rings is 2. The molecule has 6 nitrogen and oxygen atoms in total. The van der Waals surface area contributed by atoms with Crippen molar-refractivity contribution in [1.82, 2.24) is 0 Å². The smallest absolute Gasteiger partial charge is 0.337 e. The Kier molecular flexibility index (Phi) is 4.75. The number of hydrogen-bond acceptors (Lipinski definition) is 5. The third kappa shape index (κ3) is 3.37. The number of ether oxygens (including phenoxy) is 2. The summed E-state index contributed by atoms with van der Waals surface area (Å²) in [5, 5.41) is 0. The summed E-state index contributed by atoms with van der Waals surface area (Å²) < 4.78 is 9.38. The first kappa shape index (κ1) is 16.2. The van der Waals surface area contributed by atoms with Crippen LogP contribution in [0.2, 0.25) is 0 Å². The number of nitrogens with two attached hydrogens (primary N) is 1. The van der Waals surface area contributed by atoms with Crippen LogP contribution >= 0.6 is 0 Å². The number of rotatable bonds is 4. The highest BCUT2D eigenvalue weighted by Crippen LogP contribution is 2.26. The zero-order chi connectivity index (χ0) is 17.0. The molecule has 0 bridgehead atoms. The summed E-state index contributed by atoms with van der Waals surface area (Å²) in [7, 11) is 2.48. The van der Waals surface area contributed by atoms with Crippen LogP contribution in [0.3, 0.4) is 0 Å². The number of methoxy groups -OCH3 is 2. The van der Waals surface area contributed by atoms with Gasteiger partial charge in [-0.2, -0.15) is 0 Å². The van der Waals surface area contributed by atoms with Gasteiger partial charge >= 0.3 is 11.9 Å². The zero-order valence-corrected chi connectivity index (χ0v) is 12.7. The van der Waals surface area contributed by atoms with Gasteiger partial charge in [0.25, 0.3) is 0 Å². The molecule has 2 aromatic carbocycles. The minimum atomic E-state index is -0.608. The SMILES string of the molecule is COC(=O)c1cc(C(=O)OC)cc(-c2ccccc2C(N)=O)c1. The lowest BCUT2D eigenvalue weighted by Crippen LogP contribution is -2.13. The monoisotopic (exact) mass is 313 g/mol. The third-order valence-electron chi connectivity index (χ3n) is 3.28. The van der Waals surface area contributed by atoms with E-state index in [1.54, 1.807) is 24.3 Å². The first-order valence-electron chi connectivity index (χ1n) is 6.69. The molecule has 0 saturated heterocycles. The van der Waals surface area contributed by atoms with Crippen LogP contribution in [0.4, 0.5) is 0 Å². The normalized spacial score (nSPS) is 10.0. The van der Waals surface area contributed by atoms with Gasteiger partial charge in [0, 0.05) is 5.56 Å². The van der Waals surface area contributed by atoms with E-state index in [0.29, 0.717) is 11.1 Å². The van der Waals surface area contributed by atoms with Crippen molar-refractivity contribution in [3.63, 3.8) is 0 Å². The van der Waals surface area contributed by atoms with Gasteiger partial charge in [-0.25, -0.2) is 9.59 Å². The standard InChI is InChI=1S/C17H15NO5/c1-22-16(20)11-7-10(8-12(9-11)17(21)23-2)13-5-3-4-6-14(13)15(18)19/h3-9H,1-2H3,(H2,18,19). The van der Waals surface area contributed by atoms with Crippen molar-refractivity contribution in [2.24, 2.45) is 5.73 Å². The molecule has 1 amide bonds. The number of carbonyl (C=O) groups excluding carboxylic acids is 3. The number of amides is 1. The predicted octanol–water partition coefficient (Wildman–Crippen LogP) is 2.03. The Morgan fingerprint density at radius 2 is 1.39 bits per heavy atom. The summed E-state index contributed by atoms with van der Waals surface area (Å²) >= 11 is 0. The van der Waals surface area contributed by atoms with Crippen LogP contribution in [-0.4, -0.2) is 32.1 Å². The lowest BCUT2D eigenvalue weighted by atomic mass is 9.95. The molecule has 0 aliphatic heterocycles. The maximum absolute atomic E-state index is 11.8. The first-order chi connectivity index (χ1) is 11.0. The quantitative estimate of drug-likeness (QED) is 0.871. The highest BCUT2D eigenvalue weighted by molar-refractivity contribution is 6.02. The summed E-state index contributed by atoms with van der Waals surface area (Å²) in [6.45, 7) is 0. The average molecular weight is 313 g/mol. The fourth-order valence-electron chi connectivity index (χ4n) is 2.20. The molecule has 0 radical (unpaired) electrons. The first-order valence-corrected chi connectivity index (χ1v) is 6.69. The van der Waals surface area contributed by atoms with Crippen molar-refractivity contribution in [2.75, 3.05) is 14.2 Å². The fraction of sp³-hybridized carbons (Fsp3) is 0.118. The summed E-state index contributed by atoms with van der Waals surface area (Å²) in [4.78, 5) is 35.2. The van der Waals surface area contributed by atoms with Gasteiger partial charge in [-0.15, -0.1) is 0 Å². The molecule has 0 atom stereocenters. The van der Waals surface area contributed by atoms with Crippen molar-refractivity contribution in [3.8, 4) is 11.1 Å². The summed E-state index contributed by atoms with van der Waals surface area (Å²) in [6.07, 6.45) is 0. The Morgan fingerprint density at radius 1 is 0.870 bits per heavy atom. The van der Waals surface area contributed by atoms with Crippen LogP contribution in [0.5, 0.6) is 0 Å². The molecule has 2 N–H and O–H groups in total. The molecular formula is C17H15NO5. The molecule has 0 fully saturated rings. The predicted molar refractivity (Wildman–Crippen MR) is 83.1 cm³/mol. The van der Waals surface area contributed by atoms with Gasteiger partial charge in [0.15, 0.2) is 0 Å². The molecule has 0 saturated carbocycles. The Morgan fingerprint density at radius 3 is 1.87 bits per heavy atom. The summed E-state index contributed by atoms with van der Waals surface area (Å²) in [5.41, 5.74) is 7.00. The van der Waals surface area contributed by atoms with Crippen molar-refractivity contribution in [1.29, 1.82) is 0 Å². The topological polar surface area (TPSA) is 95.7 Å². The molecular weight excluding hydrogens is 298 g/mol. The number of primary amides is 1. The van der Waals surface area contributed by atoms with Gasteiger partial charge in [-0.3, -0.25) is 4.79 Å². The molecule has 118 valence electrons. The van der Waals surface area contributed by atoms with Crippen LogP contribution in [0.15, 0.2) is 42.5 Å². The van der Waals surface area contributed by atoms with Crippen LogP contribution in [0, 0.1) is 0 Å². The highest BCUT2D eigenvalue weighted by Gasteiger charge is 2.17. The number of carbonyl (C=O) groups is 3. The molecule has 6 heteroatoms. The lowest BCUT2D eigenvalue weighted by Gasteiger charge is -2.10. The van der Waals surface area contributed by atoms with Gasteiger partial charge in [0.2, 0.25) is 5.91 Å². The minimum Gasteiger partial charge on any atom is -0.465 e. The van der Waals surface area contributed by atoms with E-state index in [0.717, 1.165) is 0 Å². The minimum absolute atomic E-state index is 0.171. The second-order valence-electron chi connectivity index (χ2n) is 4.69. The molecule has 0 spiro atoms. The molecule has 0 heterocycles. The number of esters is 2. The maximum atomic E-state index is 11.8. The molecule has 0 aliphatic rings. The average Bonchev–Trinajstić information content (AvgIpc) is 2.59. The van der Waals surface area contributed by atoms with Crippen molar-refractivity contribution < 1.29 is 23.9 Å². The van der Waals surface area contributed by atoms with E-state index in [4.69, 9.17) is 15.2 Å². The van der Waals surface area contributed by atoms with Crippen LogP contribution in [0.25, 0.3) is 11.1 Å². The summed E-state index contributed by atoms with van der Waals surface area (Å²) in [6, 6.07) is 11.1. The van der Waals surface area contributed by atoms with Gasteiger partial charge in [0.1, 0.15) is 0 Å². The number of hydrogen-bond donors (Lipinski definition) is 1. The maximum Gasteiger partial charge on any atom is 0.337 e. The molecule has 2 aromatic rings. The van der Waals surface area contributed by atoms with E-state index in [1.165, 1.54) is 32.4 Å². The van der Waals surface area contributed by atoms with E-state index >= 15 is 0 Å². The molecule has 0 aliphatic carbocycles. The van der Waals surface area contributed by atoms with E-state index in [2.05, 4.69) is 0 Å². The Bertz CT molecular complexity index is 748. The highest BCUT2D eigenvalue weighted by atomic mass is 16.5. The Hall–Kier alpha value is -3.15. The van der Waals surface area contributed by atoms with E-state index in [1.807, 2.05) is 0 Å². The van der Waals surface area contributed by atoms with Crippen molar-refractivity contribution >= 4 is 17.8 Å². The van der Waals surface area contributed by atoms with Crippen molar-refractivity contribution in [3.05, 3.63) is 59.2 Å². The fourth-order valence-corrected chi connectivity index (χ4v) is 2.20. The molecule has 0 unspecified atom stereocenters. The van der Waals surface area contributed by atoms with Gasteiger partial charge < -0.3 is 15.2 Å². The van der Waals surface area contributed by atoms with Crippen LogP contribution in [-0.2, 0) is 9.47 Å². The van der Waals surface area contributed by atoms with Crippen LogP contribution < -0.4 is 5.73 Å². The van der Waals surface area contributed by atoms with Crippen LogP contribution in [0.1, 0.15) is 31.1 Å². The lowest BCUT2D eigenvalue weighted by molar-refractivity contribution is 0.0599. The van der Waals surface area contributed by atoms with Gasteiger partial charge in [0.05, 0.1) is 25.3 Å². The zero-order valence-electron chi connectivity index (χ0n) is 12.7. The third-order valence-corrected chi connectivity index (χ3v) is 3.28. The summed E-state index contributed by atoms with van der Waals surface area (Å²) in [5.74, 6) is -1.81. The second kappa shape index (κ2) is 6.74. The van der Waals surface area contributed by atoms with Crippen molar-refractivity contribution in [2.45, 2.75) is 0 Å². The van der Waals surface area contributed by atoms with E-state index in [9.17, 15) is 14.4 Å². The Balaban J connectivity index is 2.69.